The van der Waals surface area contributed by atoms with E-state index in [-0.39, 0.29) is 5.91 Å². The number of aromatic nitrogens is 2. The van der Waals surface area contributed by atoms with Crippen LogP contribution < -0.4 is 10.1 Å². The Morgan fingerprint density at radius 2 is 2.21 bits per heavy atom. The van der Waals surface area contributed by atoms with Crippen LogP contribution in [0.25, 0.3) is 0 Å². The molecule has 1 aromatic heterocycles. The van der Waals surface area contributed by atoms with Gasteiger partial charge in [0, 0.05) is 25.4 Å². The molecule has 0 aliphatic carbocycles. The molecule has 1 amide bonds. The first-order valence-electron chi connectivity index (χ1n) is 6.23. The van der Waals surface area contributed by atoms with Gasteiger partial charge < -0.3 is 15.0 Å². The van der Waals surface area contributed by atoms with Crippen LogP contribution >= 0.6 is 0 Å². The van der Waals surface area contributed by atoms with E-state index in [0.717, 1.165) is 5.82 Å². The number of aromatic amines is 1. The monoisotopic (exact) mass is 259 g/mol. The smallest absolute Gasteiger partial charge is 0.260 e. The van der Waals surface area contributed by atoms with Crippen LogP contribution in [0.5, 0.6) is 5.75 Å². The van der Waals surface area contributed by atoms with Crippen molar-refractivity contribution in [1.82, 2.24) is 15.3 Å². The third kappa shape index (κ3) is 4.13. The van der Waals surface area contributed by atoms with E-state index in [0.29, 0.717) is 18.7 Å². The van der Waals surface area contributed by atoms with E-state index in [4.69, 9.17) is 4.74 Å². The Balaban J connectivity index is 1.73. The van der Waals surface area contributed by atoms with E-state index in [1.165, 1.54) is 0 Å². The third-order valence-corrected chi connectivity index (χ3v) is 2.64. The molecule has 2 rings (SSSR count). The summed E-state index contributed by atoms with van der Waals surface area (Å²) in [6.07, 6.45) is 3.62. The minimum absolute atomic E-state index is 0.129. The minimum Gasteiger partial charge on any atom is -0.481 e. The quantitative estimate of drug-likeness (QED) is 0.826. The molecular weight excluding hydrogens is 242 g/mol. The molecule has 0 aliphatic heterocycles. The van der Waals surface area contributed by atoms with Crippen LogP contribution in [0.4, 0.5) is 0 Å². The Morgan fingerprint density at radius 1 is 1.42 bits per heavy atom. The highest BCUT2D eigenvalue weighted by Crippen LogP contribution is 2.10. The van der Waals surface area contributed by atoms with Crippen molar-refractivity contribution in [2.75, 3.05) is 6.54 Å². The minimum atomic E-state index is -0.515. The first-order valence-corrected chi connectivity index (χ1v) is 6.23. The van der Waals surface area contributed by atoms with Crippen LogP contribution in [0.2, 0.25) is 0 Å². The molecule has 0 bridgehead atoms. The van der Waals surface area contributed by atoms with Gasteiger partial charge in [-0.25, -0.2) is 4.98 Å². The van der Waals surface area contributed by atoms with Crippen LogP contribution in [-0.2, 0) is 11.2 Å². The van der Waals surface area contributed by atoms with Gasteiger partial charge in [0.15, 0.2) is 6.10 Å². The number of hydrogen-bond donors (Lipinski definition) is 2. The zero-order valence-corrected chi connectivity index (χ0v) is 10.8. The van der Waals surface area contributed by atoms with Gasteiger partial charge >= 0.3 is 0 Å². The molecule has 1 atom stereocenters. The van der Waals surface area contributed by atoms with Crippen molar-refractivity contribution in [3.63, 3.8) is 0 Å². The Hall–Kier alpha value is -2.30. The summed E-state index contributed by atoms with van der Waals surface area (Å²) >= 11 is 0. The van der Waals surface area contributed by atoms with E-state index in [1.807, 2.05) is 30.3 Å². The summed E-state index contributed by atoms with van der Waals surface area (Å²) in [5.41, 5.74) is 0. The maximum absolute atomic E-state index is 11.8. The largest absolute Gasteiger partial charge is 0.481 e. The molecule has 19 heavy (non-hydrogen) atoms. The molecule has 1 unspecified atom stereocenters. The van der Waals surface area contributed by atoms with Gasteiger partial charge in [0.05, 0.1) is 0 Å². The fraction of sp³-hybridized carbons (Fsp3) is 0.286. The van der Waals surface area contributed by atoms with Crippen molar-refractivity contribution < 1.29 is 9.53 Å². The van der Waals surface area contributed by atoms with Gasteiger partial charge in [0.1, 0.15) is 11.6 Å². The normalized spacial score (nSPS) is 11.8. The number of carbonyl (C=O) groups excluding carboxylic acids is 1. The maximum atomic E-state index is 11.8. The fourth-order valence-electron chi connectivity index (χ4n) is 1.64. The van der Waals surface area contributed by atoms with Gasteiger partial charge in [-0.2, -0.15) is 0 Å². The van der Waals surface area contributed by atoms with Crippen LogP contribution in [0, 0.1) is 0 Å². The van der Waals surface area contributed by atoms with E-state index in [1.54, 1.807) is 19.3 Å². The average molecular weight is 259 g/mol. The average Bonchev–Trinajstić information content (AvgIpc) is 2.93. The van der Waals surface area contributed by atoms with Crippen molar-refractivity contribution in [2.24, 2.45) is 0 Å². The number of nitrogens with zero attached hydrogens (tertiary/aromatic N) is 1. The van der Waals surface area contributed by atoms with Gasteiger partial charge in [0.2, 0.25) is 0 Å². The molecule has 0 fully saturated rings. The standard InChI is InChI=1S/C14H17N3O2/c1-11(19-12-5-3-2-4-6-12)14(18)17-8-7-13-15-9-10-16-13/h2-6,9-11H,7-8H2,1H3,(H,15,16)(H,17,18). The molecule has 2 aromatic rings. The zero-order valence-electron chi connectivity index (χ0n) is 10.8. The summed E-state index contributed by atoms with van der Waals surface area (Å²) in [4.78, 5) is 18.9. The number of imidazole rings is 1. The zero-order chi connectivity index (χ0) is 13.5. The first-order chi connectivity index (χ1) is 9.25. The topological polar surface area (TPSA) is 67.0 Å². The first kappa shape index (κ1) is 13.1. The Kier molecular flexibility index (Phi) is 4.55. The number of hydrogen-bond acceptors (Lipinski definition) is 3. The number of nitrogens with one attached hydrogen (secondary N) is 2. The van der Waals surface area contributed by atoms with Crippen LogP contribution in [-0.4, -0.2) is 28.5 Å². The van der Waals surface area contributed by atoms with Crippen molar-refractivity contribution >= 4 is 5.91 Å². The predicted molar refractivity (Wildman–Crippen MR) is 71.8 cm³/mol. The Labute approximate surface area is 112 Å². The number of H-pyrrole nitrogens is 1. The molecule has 0 aliphatic rings. The molecule has 1 aromatic carbocycles. The Morgan fingerprint density at radius 3 is 2.89 bits per heavy atom. The SMILES string of the molecule is CC(Oc1ccccc1)C(=O)NCCc1ncc[nH]1. The number of ether oxygens (including phenoxy) is 1. The van der Waals surface area contributed by atoms with Crippen molar-refractivity contribution in [2.45, 2.75) is 19.4 Å². The predicted octanol–water partition coefficient (Wildman–Crippen LogP) is 1.54. The molecule has 0 radical (unpaired) electrons. The highest BCUT2D eigenvalue weighted by Gasteiger charge is 2.13. The third-order valence-electron chi connectivity index (χ3n) is 2.64. The number of benzene rings is 1. The summed E-state index contributed by atoms with van der Waals surface area (Å²) in [5.74, 6) is 1.42. The molecule has 2 N–H and O–H groups in total. The summed E-state index contributed by atoms with van der Waals surface area (Å²) in [6.45, 7) is 2.27. The number of rotatable bonds is 6. The molecule has 5 nitrogen and oxygen atoms in total. The van der Waals surface area contributed by atoms with E-state index in [2.05, 4.69) is 15.3 Å². The molecule has 1 heterocycles. The van der Waals surface area contributed by atoms with Gasteiger partial charge in [-0.15, -0.1) is 0 Å². The van der Waals surface area contributed by atoms with Crippen LogP contribution in [0.3, 0.4) is 0 Å². The van der Waals surface area contributed by atoms with Crippen LogP contribution in [0.1, 0.15) is 12.7 Å². The lowest BCUT2D eigenvalue weighted by Crippen LogP contribution is -2.37. The molecule has 0 saturated heterocycles. The lowest BCUT2D eigenvalue weighted by atomic mass is 10.3. The number of amides is 1. The second-order valence-corrected chi connectivity index (χ2v) is 4.15. The highest BCUT2D eigenvalue weighted by atomic mass is 16.5. The van der Waals surface area contributed by atoms with E-state index < -0.39 is 6.10 Å². The Bertz CT molecular complexity index is 497. The van der Waals surface area contributed by atoms with Gasteiger partial charge in [-0.3, -0.25) is 4.79 Å². The molecule has 0 spiro atoms. The summed E-state index contributed by atoms with van der Waals surface area (Å²) < 4.78 is 5.53. The second kappa shape index (κ2) is 6.58. The summed E-state index contributed by atoms with van der Waals surface area (Å²) in [7, 11) is 0. The lowest BCUT2D eigenvalue weighted by molar-refractivity contribution is -0.127. The molecular formula is C14H17N3O2. The number of carbonyl (C=O) groups is 1. The summed E-state index contributed by atoms with van der Waals surface area (Å²) in [6, 6.07) is 9.30. The fourth-order valence-corrected chi connectivity index (χ4v) is 1.64. The second-order valence-electron chi connectivity index (χ2n) is 4.15. The van der Waals surface area contributed by atoms with Gasteiger partial charge in [0.25, 0.3) is 5.91 Å². The summed E-state index contributed by atoms with van der Waals surface area (Å²) in [5, 5.41) is 2.82. The van der Waals surface area contributed by atoms with E-state index in [9.17, 15) is 4.79 Å². The number of para-hydroxylation sites is 1. The van der Waals surface area contributed by atoms with Crippen LogP contribution in [0.15, 0.2) is 42.7 Å². The van der Waals surface area contributed by atoms with E-state index >= 15 is 0 Å². The van der Waals surface area contributed by atoms with Crippen molar-refractivity contribution in [3.8, 4) is 5.75 Å². The van der Waals surface area contributed by atoms with Gasteiger partial charge in [-0.05, 0) is 19.1 Å². The van der Waals surface area contributed by atoms with Crippen molar-refractivity contribution in [3.05, 3.63) is 48.5 Å². The molecule has 5 heteroatoms. The van der Waals surface area contributed by atoms with Gasteiger partial charge in [-0.1, -0.05) is 18.2 Å². The lowest BCUT2D eigenvalue weighted by Gasteiger charge is -2.14. The van der Waals surface area contributed by atoms with Crippen molar-refractivity contribution in [1.29, 1.82) is 0 Å². The highest BCUT2D eigenvalue weighted by molar-refractivity contribution is 5.80. The maximum Gasteiger partial charge on any atom is 0.260 e. The molecule has 100 valence electrons. The molecule has 0 saturated carbocycles.